The van der Waals surface area contributed by atoms with E-state index >= 15 is 0 Å². The lowest BCUT2D eigenvalue weighted by Gasteiger charge is -2.24. The third-order valence-corrected chi connectivity index (χ3v) is 5.21. The first-order chi connectivity index (χ1) is 14.9. The van der Waals surface area contributed by atoms with Crippen molar-refractivity contribution < 1.29 is 19.1 Å². The summed E-state index contributed by atoms with van der Waals surface area (Å²) in [6.07, 6.45) is -0.0750. The maximum Gasteiger partial charge on any atom is 0.256 e. The van der Waals surface area contributed by atoms with Crippen molar-refractivity contribution in [1.29, 1.82) is 0 Å². The number of nitrogens with zero attached hydrogens (tertiary/aromatic N) is 2. The molecule has 31 heavy (non-hydrogen) atoms. The topological polar surface area (TPSA) is 91.0 Å². The predicted octanol–water partition coefficient (Wildman–Crippen LogP) is 2.16. The Balaban J connectivity index is 1.82. The molecule has 3 amide bonds. The number of carbonyl (C=O) groups excluding carboxylic acids is 3. The molecule has 8 nitrogen and oxygen atoms in total. The summed E-state index contributed by atoms with van der Waals surface area (Å²) in [7, 11) is 1.54. The molecule has 1 aliphatic heterocycles. The minimum atomic E-state index is -0.781. The SMILES string of the molecule is COc1cccc(N2C(=O)[C@@H](CC(=O)Nc3ccccc3)N(CCNC(C)=O)C2=S)c1. The molecule has 0 unspecified atom stereocenters. The van der Waals surface area contributed by atoms with Gasteiger partial charge in [0.2, 0.25) is 11.8 Å². The molecule has 1 fully saturated rings. The molecule has 0 bridgehead atoms. The van der Waals surface area contributed by atoms with Gasteiger partial charge in [-0.05, 0) is 36.5 Å². The number of amides is 3. The summed E-state index contributed by atoms with van der Waals surface area (Å²) in [5, 5.41) is 5.79. The van der Waals surface area contributed by atoms with E-state index in [-0.39, 0.29) is 29.3 Å². The van der Waals surface area contributed by atoms with E-state index in [2.05, 4.69) is 10.6 Å². The van der Waals surface area contributed by atoms with Crippen LogP contribution >= 0.6 is 12.2 Å². The van der Waals surface area contributed by atoms with Gasteiger partial charge in [0.25, 0.3) is 5.91 Å². The fraction of sp³-hybridized carbons (Fsp3) is 0.273. The zero-order valence-corrected chi connectivity index (χ0v) is 18.1. The molecule has 0 radical (unpaired) electrons. The molecule has 2 aromatic carbocycles. The number of nitrogens with one attached hydrogen (secondary N) is 2. The number of hydrogen-bond donors (Lipinski definition) is 2. The lowest BCUT2D eigenvalue weighted by molar-refractivity contribution is -0.124. The average molecular weight is 441 g/mol. The van der Waals surface area contributed by atoms with Gasteiger partial charge in [0.05, 0.1) is 19.2 Å². The van der Waals surface area contributed by atoms with Crippen LogP contribution in [-0.4, -0.2) is 54.0 Å². The van der Waals surface area contributed by atoms with Crippen molar-refractivity contribution in [2.45, 2.75) is 19.4 Å². The van der Waals surface area contributed by atoms with Gasteiger partial charge in [-0.15, -0.1) is 0 Å². The first kappa shape index (κ1) is 22.2. The van der Waals surface area contributed by atoms with Crippen molar-refractivity contribution in [3.8, 4) is 5.75 Å². The van der Waals surface area contributed by atoms with Crippen LogP contribution in [0.2, 0.25) is 0 Å². The Bertz CT molecular complexity index is 982. The zero-order valence-electron chi connectivity index (χ0n) is 17.3. The summed E-state index contributed by atoms with van der Waals surface area (Å²) in [5.41, 5.74) is 1.21. The quantitative estimate of drug-likeness (QED) is 0.612. The maximum absolute atomic E-state index is 13.3. The van der Waals surface area contributed by atoms with Gasteiger partial charge in [-0.25, -0.2) is 0 Å². The minimum Gasteiger partial charge on any atom is -0.497 e. The molecular weight excluding hydrogens is 416 g/mol. The average Bonchev–Trinajstić information content (AvgIpc) is 2.98. The molecule has 1 heterocycles. The van der Waals surface area contributed by atoms with Gasteiger partial charge in [0, 0.05) is 31.8 Å². The van der Waals surface area contributed by atoms with Crippen LogP contribution in [0.3, 0.4) is 0 Å². The normalized spacial score (nSPS) is 15.7. The molecular formula is C22H24N4O4S. The molecule has 0 spiro atoms. The van der Waals surface area contributed by atoms with Crippen LogP contribution in [0.25, 0.3) is 0 Å². The number of para-hydroxylation sites is 1. The van der Waals surface area contributed by atoms with E-state index in [0.717, 1.165) is 0 Å². The lowest BCUT2D eigenvalue weighted by atomic mass is 10.1. The van der Waals surface area contributed by atoms with Gasteiger partial charge >= 0.3 is 0 Å². The van der Waals surface area contributed by atoms with Crippen molar-refractivity contribution in [3.63, 3.8) is 0 Å². The number of benzene rings is 2. The highest BCUT2D eigenvalue weighted by Crippen LogP contribution is 2.29. The van der Waals surface area contributed by atoms with Gasteiger partial charge in [-0.3, -0.25) is 19.3 Å². The zero-order chi connectivity index (χ0) is 22.4. The first-order valence-corrected chi connectivity index (χ1v) is 10.2. The number of thiocarbonyl (C=S) groups is 1. The van der Waals surface area contributed by atoms with E-state index in [4.69, 9.17) is 17.0 Å². The Hall–Kier alpha value is -3.46. The summed E-state index contributed by atoms with van der Waals surface area (Å²) in [4.78, 5) is 40.3. The van der Waals surface area contributed by atoms with Crippen LogP contribution in [-0.2, 0) is 14.4 Å². The van der Waals surface area contributed by atoms with Crippen molar-refractivity contribution in [2.75, 3.05) is 30.4 Å². The monoisotopic (exact) mass is 440 g/mol. The van der Waals surface area contributed by atoms with E-state index in [9.17, 15) is 14.4 Å². The third kappa shape index (κ3) is 5.37. The number of methoxy groups -OCH3 is 1. The number of hydrogen-bond acceptors (Lipinski definition) is 5. The van der Waals surface area contributed by atoms with E-state index in [1.807, 2.05) is 18.2 Å². The summed E-state index contributed by atoms with van der Waals surface area (Å²) in [6, 6.07) is 15.2. The Kier molecular flexibility index (Phi) is 7.19. The summed E-state index contributed by atoms with van der Waals surface area (Å²) in [5.74, 6) is -0.198. The molecule has 0 aromatic heterocycles. The summed E-state index contributed by atoms with van der Waals surface area (Å²) >= 11 is 5.58. The van der Waals surface area contributed by atoms with Gasteiger partial charge in [-0.1, -0.05) is 24.3 Å². The summed E-state index contributed by atoms with van der Waals surface area (Å²) < 4.78 is 5.25. The third-order valence-electron chi connectivity index (χ3n) is 4.79. The Morgan fingerprint density at radius 2 is 1.87 bits per heavy atom. The Morgan fingerprint density at radius 3 is 2.55 bits per heavy atom. The van der Waals surface area contributed by atoms with Crippen molar-refractivity contribution in [3.05, 3.63) is 54.6 Å². The number of rotatable bonds is 8. The smallest absolute Gasteiger partial charge is 0.256 e. The van der Waals surface area contributed by atoms with E-state index in [1.165, 1.54) is 11.8 Å². The van der Waals surface area contributed by atoms with Gasteiger partial charge in [0.15, 0.2) is 5.11 Å². The second-order valence-corrected chi connectivity index (χ2v) is 7.33. The van der Waals surface area contributed by atoms with Crippen LogP contribution in [0.5, 0.6) is 5.75 Å². The second kappa shape index (κ2) is 10.0. The molecule has 1 aliphatic rings. The van der Waals surface area contributed by atoms with Gasteiger partial charge < -0.3 is 20.3 Å². The highest BCUT2D eigenvalue weighted by molar-refractivity contribution is 7.80. The van der Waals surface area contributed by atoms with Gasteiger partial charge in [-0.2, -0.15) is 0 Å². The predicted molar refractivity (Wildman–Crippen MR) is 122 cm³/mol. The van der Waals surface area contributed by atoms with Crippen molar-refractivity contribution in [2.24, 2.45) is 0 Å². The minimum absolute atomic E-state index is 0.0750. The van der Waals surface area contributed by atoms with E-state index < -0.39 is 6.04 Å². The maximum atomic E-state index is 13.3. The largest absolute Gasteiger partial charge is 0.497 e. The van der Waals surface area contributed by atoms with E-state index in [0.29, 0.717) is 30.2 Å². The molecule has 2 aromatic rings. The molecule has 0 saturated carbocycles. The molecule has 2 N–H and O–H groups in total. The van der Waals surface area contributed by atoms with Crippen LogP contribution in [0.4, 0.5) is 11.4 Å². The molecule has 3 rings (SSSR count). The number of carbonyl (C=O) groups is 3. The Morgan fingerprint density at radius 1 is 1.13 bits per heavy atom. The lowest BCUT2D eigenvalue weighted by Crippen LogP contribution is -2.42. The molecule has 1 atom stereocenters. The van der Waals surface area contributed by atoms with Crippen LogP contribution in [0.1, 0.15) is 13.3 Å². The van der Waals surface area contributed by atoms with Crippen LogP contribution in [0, 0.1) is 0 Å². The molecule has 162 valence electrons. The van der Waals surface area contributed by atoms with E-state index in [1.54, 1.807) is 48.4 Å². The van der Waals surface area contributed by atoms with Crippen LogP contribution in [0.15, 0.2) is 54.6 Å². The van der Waals surface area contributed by atoms with Crippen LogP contribution < -0.4 is 20.3 Å². The molecule has 9 heteroatoms. The van der Waals surface area contributed by atoms with Crippen molar-refractivity contribution in [1.82, 2.24) is 10.2 Å². The number of ether oxygens (including phenoxy) is 1. The fourth-order valence-electron chi connectivity index (χ4n) is 3.34. The highest BCUT2D eigenvalue weighted by atomic mass is 32.1. The summed E-state index contributed by atoms with van der Waals surface area (Å²) in [6.45, 7) is 2.01. The first-order valence-electron chi connectivity index (χ1n) is 9.78. The van der Waals surface area contributed by atoms with Crippen molar-refractivity contribution >= 4 is 46.4 Å². The molecule has 0 aliphatic carbocycles. The fourth-order valence-corrected chi connectivity index (χ4v) is 3.75. The number of anilines is 2. The second-order valence-electron chi connectivity index (χ2n) is 6.97. The highest BCUT2D eigenvalue weighted by Gasteiger charge is 2.44. The van der Waals surface area contributed by atoms with Gasteiger partial charge in [0.1, 0.15) is 11.8 Å². The molecule has 1 saturated heterocycles. The Labute approximate surface area is 186 Å². The standard InChI is InChI=1S/C22H24N4O4S/c1-15(27)23-11-12-25-19(14-20(28)24-16-7-4-3-5-8-16)21(29)26(22(25)31)17-9-6-10-18(13-17)30-2/h3-10,13,19H,11-12,14H2,1-2H3,(H,23,27)(H,24,28)/t19-/m1/s1.